The molecular weight excluding hydrogens is 552 g/mol. The number of carbonyl (C=O) groups excluding carboxylic acids is 2. The molecule has 0 saturated carbocycles. The largest absolute Gasteiger partial charge is 0.496 e. The molecule has 3 aromatic carbocycles. The molecule has 0 bridgehead atoms. The number of carbonyl (C=O) groups is 2. The Kier molecular flexibility index (Phi) is 7.38. The fourth-order valence-corrected chi connectivity index (χ4v) is 5.87. The topological polar surface area (TPSA) is 63.6 Å². The minimum Gasteiger partial charge on any atom is -0.496 e. The predicted molar refractivity (Wildman–Crippen MR) is 156 cm³/mol. The second kappa shape index (κ2) is 10.6. The zero-order chi connectivity index (χ0) is 28.9. The first-order valence-electron chi connectivity index (χ1n) is 12.8. The van der Waals surface area contributed by atoms with Gasteiger partial charge in [-0.3, -0.25) is 14.5 Å². The number of ether oxygens (including phenoxy) is 1. The monoisotopic (exact) mass is 579 g/mol. The number of hydrogen-bond donors (Lipinski definition) is 1. The highest BCUT2D eigenvalue weighted by Crippen LogP contribution is 2.49. The highest BCUT2D eigenvalue weighted by molar-refractivity contribution is 6.31. The van der Waals surface area contributed by atoms with E-state index in [9.17, 15) is 9.59 Å². The molecule has 1 aliphatic heterocycles. The third-order valence-corrected chi connectivity index (χ3v) is 7.77. The number of nitrogens with zero attached hydrogens (tertiary/aromatic N) is 2. The fraction of sp³-hybridized carbons (Fsp3) is 0.226. The number of amides is 2. The standard InChI is InChI=1S/C31H28Cl2FN3O3/c1-16(2)36-25(21-14-18(30(38)35-4)9-12-26(21)40-5)15-22-29(36)28(20-11-10-19(32)13-17(20)3)37(31(22)39)24-8-6-7-23(33)27(24)34/h6-16,28H,1-5H3,(H,35,38). The lowest BCUT2D eigenvalue weighted by Crippen LogP contribution is -2.31. The Balaban J connectivity index is 1.83. The number of methoxy groups -OCH3 is 1. The van der Waals surface area contributed by atoms with Gasteiger partial charge >= 0.3 is 0 Å². The van der Waals surface area contributed by atoms with Gasteiger partial charge in [0.25, 0.3) is 11.8 Å². The molecule has 0 saturated heterocycles. The molecule has 1 N–H and O–H groups in total. The minimum atomic E-state index is -0.671. The second-order valence-corrected chi connectivity index (χ2v) is 10.8. The highest BCUT2D eigenvalue weighted by atomic mass is 35.5. The number of fused-ring (bicyclic) bond motifs is 1. The van der Waals surface area contributed by atoms with Crippen molar-refractivity contribution in [1.29, 1.82) is 0 Å². The van der Waals surface area contributed by atoms with Crippen LogP contribution in [0.3, 0.4) is 0 Å². The van der Waals surface area contributed by atoms with Crippen molar-refractivity contribution >= 4 is 40.7 Å². The lowest BCUT2D eigenvalue weighted by atomic mass is 9.98. The van der Waals surface area contributed by atoms with E-state index in [0.717, 1.165) is 11.1 Å². The van der Waals surface area contributed by atoms with Gasteiger partial charge in [0.15, 0.2) is 5.82 Å². The predicted octanol–water partition coefficient (Wildman–Crippen LogP) is 7.61. The molecule has 1 aromatic heterocycles. The van der Waals surface area contributed by atoms with Gasteiger partial charge in [-0.15, -0.1) is 0 Å². The van der Waals surface area contributed by atoms with E-state index in [4.69, 9.17) is 27.9 Å². The number of aromatic nitrogens is 1. The van der Waals surface area contributed by atoms with Crippen molar-refractivity contribution < 1.29 is 18.7 Å². The fourth-order valence-electron chi connectivity index (χ4n) is 5.48. The minimum absolute atomic E-state index is 0.0726. The molecule has 1 unspecified atom stereocenters. The molecule has 0 fully saturated rings. The summed E-state index contributed by atoms with van der Waals surface area (Å²) in [7, 11) is 3.13. The zero-order valence-corrected chi connectivity index (χ0v) is 24.2. The molecule has 4 aromatic rings. The smallest absolute Gasteiger partial charge is 0.261 e. The maximum Gasteiger partial charge on any atom is 0.261 e. The van der Waals surface area contributed by atoms with Gasteiger partial charge in [0.2, 0.25) is 0 Å². The Bertz CT molecular complexity index is 1660. The molecule has 0 aliphatic carbocycles. The summed E-state index contributed by atoms with van der Waals surface area (Å²) >= 11 is 12.5. The normalized spacial score (nSPS) is 14.6. The summed E-state index contributed by atoms with van der Waals surface area (Å²) in [5.74, 6) is -0.726. The van der Waals surface area contributed by atoms with Crippen molar-refractivity contribution in [3.05, 3.63) is 104 Å². The van der Waals surface area contributed by atoms with Gasteiger partial charge in [0, 0.05) is 29.2 Å². The maximum absolute atomic E-state index is 15.5. The molecule has 6 nitrogen and oxygen atoms in total. The van der Waals surface area contributed by atoms with Crippen LogP contribution in [0, 0.1) is 12.7 Å². The lowest BCUT2D eigenvalue weighted by molar-refractivity contribution is 0.0961. The van der Waals surface area contributed by atoms with Crippen LogP contribution in [0.1, 0.15) is 63.5 Å². The Hall–Kier alpha value is -3.81. The first-order chi connectivity index (χ1) is 19.1. The number of rotatable bonds is 6. The summed E-state index contributed by atoms with van der Waals surface area (Å²) in [6.45, 7) is 5.94. The van der Waals surface area contributed by atoms with E-state index in [2.05, 4.69) is 9.88 Å². The number of anilines is 1. The van der Waals surface area contributed by atoms with Crippen LogP contribution in [0.15, 0.2) is 60.7 Å². The second-order valence-electron chi connectivity index (χ2n) is 9.94. The highest BCUT2D eigenvalue weighted by Gasteiger charge is 2.45. The molecule has 9 heteroatoms. The Morgan fingerprint density at radius 3 is 2.45 bits per heavy atom. The van der Waals surface area contributed by atoms with Gasteiger partial charge in [0.05, 0.1) is 34.8 Å². The SMILES string of the molecule is CNC(=O)c1ccc(OC)c(-c2cc3c(n2C(C)C)C(c2ccc(Cl)cc2C)N(c2cccc(Cl)c2F)C3=O)c1. The number of aryl methyl sites for hydroxylation is 1. The third-order valence-electron chi connectivity index (χ3n) is 7.24. The number of halogens is 3. The number of nitrogens with one attached hydrogen (secondary N) is 1. The summed E-state index contributed by atoms with van der Waals surface area (Å²) in [6, 6.07) is 16.3. The van der Waals surface area contributed by atoms with Crippen molar-refractivity contribution in [3.8, 4) is 17.0 Å². The lowest BCUT2D eigenvalue weighted by Gasteiger charge is -2.30. The van der Waals surface area contributed by atoms with Crippen LogP contribution in [0.4, 0.5) is 10.1 Å². The van der Waals surface area contributed by atoms with Crippen LogP contribution < -0.4 is 15.0 Å². The summed E-state index contributed by atoms with van der Waals surface area (Å²) in [5, 5.41) is 3.13. The number of benzene rings is 3. The van der Waals surface area contributed by atoms with Crippen LogP contribution in [-0.2, 0) is 0 Å². The van der Waals surface area contributed by atoms with Crippen molar-refractivity contribution in [2.45, 2.75) is 32.9 Å². The van der Waals surface area contributed by atoms with Crippen molar-refractivity contribution in [1.82, 2.24) is 9.88 Å². The van der Waals surface area contributed by atoms with Crippen molar-refractivity contribution in [3.63, 3.8) is 0 Å². The molecule has 5 rings (SSSR count). The Morgan fingerprint density at radius 2 is 1.80 bits per heavy atom. The number of hydrogen-bond acceptors (Lipinski definition) is 3. The summed E-state index contributed by atoms with van der Waals surface area (Å²) in [4.78, 5) is 28.2. The van der Waals surface area contributed by atoms with E-state index >= 15 is 4.39 Å². The molecule has 0 radical (unpaired) electrons. The van der Waals surface area contributed by atoms with E-state index in [-0.39, 0.29) is 28.6 Å². The summed E-state index contributed by atoms with van der Waals surface area (Å²) < 4.78 is 23.2. The van der Waals surface area contributed by atoms with Crippen LogP contribution in [0.5, 0.6) is 5.75 Å². The molecule has 0 spiro atoms. The van der Waals surface area contributed by atoms with Crippen LogP contribution in [-0.4, -0.2) is 30.5 Å². The average molecular weight is 580 g/mol. The molecule has 2 amide bonds. The van der Waals surface area contributed by atoms with Crippen molar-refractivity contribution in [2.24, 2.45) is 0 Å². The van der Waals surface area contributed by atoms with Crippen LogP contribution >= 0.6 is 23.2 Å². The Morgan fingerprint density at radius 1 is 1.05 bits per heavy atom. The van der Waals surface area contributed by atoms with E-state index in [1.807, 2.05) is 32.9 Å². The van der Waals surface area contributed by atoms with Crippen LogP contribution in [0.2, 0.25) is 10.0 Å². The molecule has 1 atom stereocenters. The quantitative estimate of drug-likeness (QED) is 0.255. The molecule has 206 valence electrons. The first kappa shape index (κ1) is 27.7. The van der Waals surface area contributed by atoms with E-state index in [1.165, 1.54) is 11.0 Å². The van der Waals surface area contributed by atoms with Gasteiger partial charge in [-0.25, -0.2) is 4.39 Å². The molecule has 1 aliphatic rings. The van der Waals surface area contributed by atoms with Gasteiger partial charge in [-0.05, 0) is 80.4 Å². The summed E-state index contributed by atoms with van der Waals surface area (Å²) in [5.41, 5.74) is 4.68. The van der Waals surface area contributed by atoms with Gasteiger partial charge < -0.3 is 14.6 Å². The van der Waals surface area contributed by atoms with Gasteiger partial charge in [-0.2, -0.15) is 0 Å². The van der Waals surface area contributed by atoms with Gasteiger partial charge in [-0.1, -0.05) is 35.3 Å². The first-order valence-corrected chi connectivity index (χ1v) is 13.5. The van der Waals surface area contributed by atoms with E-state index in [1.54, 1.807) is 56.6 Å². The maximum atomic E-state index is 15.5. The molecule has 40 heavy (non-hydrogen) atoms. The Labute approximate surface area is 242 Å². The van der Waals surface area contributed by atoms with Crippen LogP contribution in [0.25, 0.3) is 11.3 Å². The molecule has 2 heterocycles. The summed E-state index contributed by atoms with van der Waals surface area (Å²) in [6.07, 6.45) is 0. The van der Waals surface area contributed by atoms with Crippen molar-refractivity contribution in [2.75, 3.05) is 19.1 Å². The zero-order valence-electron chi connectivity index (χ0n) is 22.7. The average Bonchev–Trinajstić information content (AvgIpc) is 3.45. The third kappa shape index (κ3) is 4.43. The molecular formula is C31H28Cl2FN3O3. The van der Waals surface area contributed by atoms with E-state index < -0.39 is 11.9 Å². The van der Waals surface area contributed by atoms with Gasteiger partial charge in [0.1, 0.15) is 11.8 Å². The van der Waals surface area contributed by atoms with E-state index in [0.29, 0.717) is 38.9 Å².